The van der Waals surface area contributed by atoms with Gasteiger partial charge < -0.3 is 10.2 Å². The summed E-state index contributed by atoms with van der Waals surface area (Å²) in [7, 11) is 0. The number of nitrogens with zero attached hydrogens (tertiary/aromatic N) is 2. The highest BCUT2D eigenvalue weighted by Crippen LogP contribution is 2.23. The number of hydrogen-bond donors (Lipinski definition) is 1. The Morgan fingerprint density at radius 1 is 1.45 bits per heavy atom. The topological polar surface area (TPSA) is 45.2 Å². The average molecular weight is 275 g/mol. The quantitative estimate of drug-likeness (QED) is 0.918. The van der Waals surface area contributed by atoms with Crippen molar-refractivity contribution in [1.82, 2.24) is 9.88 Å². The van der Waals surface area contributed by atoms with Crippen LogP contribution < -0.4 is 5.32 Å². The lowest BCUT2D eigenvalue weighted by atomic mass is 9.93. The lowest BCUT2D eigenvalue weighted by Gasteiger charge is -2.36. The molecule has 2 atom stereocenters. The van der Waals surface area contributed by atoms with Crippen molar-refractivity contribution >= 4 is 11.7 Å². The Morgan fingerprint density at radius 2 is 2.25 bits per heavy atom. The van der Waals surface area contributed by atoms with E-state index in [1.807, 2.05) is 17.0 Å². The van der Waals surface area contributed by atoms with Crippen LogP contribution >= 0.6 is 0 Å². The fourth-order valence-electron chi connectivity index (χ4n) is 2.75. The zero-order valence-corrected chi connectivity index (χ0v) is 12.7. The summed E-state index contributed by atoms with van der Waals surface area (Å²) in [5.41, 5.74) is 0.688. The van der Waals surface area contributed by atoms with Gasteiger partial charge in [-0.25, -0.2) is 4.98 Å². The Hall–Kier alpha value is -1.58. The van der Waals surface area contributed by atoms with E-state index in [9.17, 15) is 4.79 Å². The second-order valence-electron chi connectivity index (χ2n) is 5.84. The van der Waals surface area contributed by atoms with E-state index < -0.39 is 0 Å². The summed E-state index contributed by atoms with van der Waals surface area (Å²) < 4.78 is 0. The number of carbonyl (C=O) groups is 1. The van der Waals surface area contributed by atoms with Crippen LogP contribution in [0.3, 0.4) is 0 Å². The van der Waals surface area contributed by atoms with Gasteiger partial charge in [0.25, 0.3) is 5.91 Å². The van der Waals surface area contributed by atoms with Gasteiger partial charge in [0.05, 0.1) is 5.56 Å². The van der Waals surface area contributed by atoms with Gasteiger partial charge in [-0.15, -0.1) is 0 Å². The molecule has 0 aromatic carbocycles. The SMILES string of the molecule is CCCNc1ccc(C(=O)N2CCC(C)CC2C)cn1. The molecule has 1 fully saturated rings. The van der Waals surface area contributed by atoms with Gasteiger partial charge in [0, 0.05) is 25.3 Å². The molecule has 0 aliphatic carbocycles. The van der Waals surface area contributed by atoms with Crippen LogP contribution in [0, 0.1) is 5.92 Å². The Labute approximate surface area is 121 Å². The van der Waals surface area contributed by atoms with Crippen molar-refractivity contribution in [3.8, 4) is 0 Å². The molecule has 0 radical (unpaired) electrons. The van der Waals surface area contributed by atoms with E-state index in [1.165, 1.54) is 0 Å². The molecule has 1 N–H and O–H groups in total. The number of hydrogen-bond acceptors (Lipinski definition) is 3. The third-order valence-electron chi connectivity index (χ3n) is 3.97. The second-order valence-corrected chi connectivity index (χ2v) is 5.84. The molecule has 4 heteroatoms. The molecule has 0 saturated carbocycles. The van der Waals surface area contributed by atoms with Crippen molar-refractivity contribution in [3.05, 3.63) is 23.9 Å². The Kier molecular flexibility index (Phi) is 4.99. The molecule has 2 unspecified atom stereocenters. The number of amides is 1. The summed E-state index contributed by atoms with van der Waals surface area (Å²) in [6, 6.07) is 4.09. The molecule has 2 heterocycles. The average Bonchev–Trinajstić information content (AvgIpc) is 2.45. The van der Waals surface area contributed by atoms with E-state index in [2.05, 4.69) is 31.1 Å². The minimum Gasteiger partial charge on any atom is -0.370 e. The molecule has 1 aliphatic rings. The highest BCUT2D eigenvalue weighted by molar-refractivity contribution is 5.94. The number of piperidine rings is 1. The van der Waals surface area contributed by atoms with E-state index in [4.69, 9.17) is 0 Å². The van der Waals surface area contributed by atoms with Crippen molar-refractivity contribution < 1.29 is 4.79 Å². The van der Waals surface area contributed by atoms with E-state index in [0.29, 0.717) is 17.5 Å². The minimum absolute atomic E-state index is 0.110. The molecule has 1 amide bonds. The number of anilines is 1. The van der Waals surface area contributed by atoms with Gasteiger partial charge in [-0.2, -0.15) is 0 Å². The third-order valence-corrected chi connectivity index (χ3v) is 3.97. The van der Waals surface area contributed by atoms with E-state index in [-0.39, 0.29) is 5.91 Å². The van der Waals surface area contributed by atoms with Crippen LogP contribution in [0.4, 0.5) is 5.82 Å². The standard InChI is InChI=1S/C16H25N3O/c1-4-8-17-15-6-5-14(11-18-15)16(20)19-9-7-12(2)10-13(19)3/h5-6,11-13H,4,7-10H2,1-3H3,(H,17,18). The maximum atomic E-state index is 12.5. The van der Waals surface area contributed by atoms with Gasteiger partial charge in [0.2, 0.25) is 0 Å². The number of carbonyl (C=O) groups excluding carboxylic acids is 1. The van der Waals surface area contributed by atoms with Crippen LogP contribution in [0.15, 0.2) is 18.3 Å². The molecule has 1 aromatic heterocycles. The highest BCUT2D eigenvalue weighted by atomic mass is 16.2. The largest absolute Gasteiger partial charge is 0.370 e. The van der Waals surface area contributed by atoms with Gasteiger partial charge in [-0.3, -0.25) is 4.79 Å². The molecule has 0 spiro atoms. The minimum atomic E-state index is 0.110. The Balaban J connectivity index is 2.01. The number of nitrogens with one attached hydrogen (secondary N) is 1. The van der Waals surface area contributed by atoms with Gasteiger partial charge in [-0.05, 0) is 44.2 Å². The van der Waals surface area contributed by atoms with Crippen LogP contribution in [0.25, 0.3) is 0 Å². The summed E-state index contributed by atoms with van der Waals surface area (Å²) in [6.45, 7) is 8.27. The van der Waals surface area contributed by atoms with Gasteiger partial charge in [-0.1, -0.05) is 13.8 Å². The molecule has 2 rings (SSSR count). The van der Waals surface area contributed by atoms with Gasteiger partial charge in [0.1, 0.15) is 5.82 Å². The normalized spacial score (nSPS) is 22.6. The number of pyridine rings is 1. The monoisotopic (exact) mass is 275 g/mol. The van der Waals surface area contributed by atoms with Crippen LogP contribution in [0.5, 0.6) is 0 Å². The smallest absolute Gasteiger partial charge is 0.255 e. The fourth-order valence-corrected chi connectivity index (χ4v) is 2.75. The Morgan fingerprint density at radius 3 is 2.85 bits per heavy atom. The third kappa shape index (κ3) is 3.50. The lowest BCUT2D eigenvalue weighted by Crippen LogP contribution is -2.44. The predicted molar refractivity (Wildman–Crippen MR) is 81.9 cm³/mol. The molecular weight excluding hydrogens is 250 g/mol. The van der Waals surface area contributed by atoms with Gasteiger partial charge in [0.15, 0.2) is 0 Å². The first-order valence-corrected chi connectivity index (χ1v) is 7.62. The summed E-state index contributed by atoms with van der Waals surface area (Å²) in [5.74, 6) is 1.66. The van der Waals surface area contributed by atoms with Crippen LogP contribution in [0.1, 0.15) is 50.4 Å². The summed E-state index contributed by atoms with van der Waals surface area (Å²) in [4.78, 5) is 18.8. The molecule has 4 nitrogen and oxygen atoms in total. The fraction of sp³-hybridized carbons (Fsp3) is 0.625. The first kappa shape index (κ1) is 14.8. The number of likely N-dealkylation sites (tertiary alicyclic amines) is 1. The number of aromatic nitrogens is 1. The zero-order chi connectivity index (χ0) is 14.5. The van der Waals surface area contributed by atoms with Gasteiger partial charge >= 0.3 is 0 Å². The van der Waals surface area contributed by atoms with Crippen molar-refractivity contribution in [1.29, 1.82) is 0 Å². The maximum Gasteiger partial charge on any atom is 0.255 e. The molecule has 110 valence electrons. The Bertz CT molecular complexity index is 444. The van der Waals surface area contributed by atoms with E-state index in [0.717, 1.165) is 38.2 Å². The maximum absolute atomic E-state index is 12.5. The molecular formula is C16H25N3O. The summed E-state index contributed by atoms with van der Waals surface area (Å²) >= 11 is 0. The lowest BCUT2D eigenvalue weighted by molar-refractivity contribution is 0.0588. The molecule has 0 bridgehead atoms. The molecule has 1 saturated heterocycles. The summed E-state index contributed by atoms with van der Waals surface area (Å²) in [5, 5.41) is 3.22. The summed E-state index contributed by atoms with van der Waals surface area (Å²) in [6.07, 6.45) is 4.94. The first-order valence-electron chi connectivity index (χ1n) is 7.62. The van der Waals surface area contributed by atoms with Crippen molar-refractivity contribution in [2.45, 2.75) is 46.1 Å². The molecule has 20 heavy (non-hydrogen) atoms. The molecule has 1 aliphatic heterocycles. The second kappa shape index (κ2) is 6.73. The van der Waals surface area contributed by atoms with E-state index in [1.54, 1.807) is 6.20 Å². The first-order chi connectivity index (χ1) is 9.61. The van der Waals surface area contributed by atoms with E-state index >= 15 is 0 Å². The van der Waals surface area contributed by atoms with Crippen LogP contribution in [-0.2, 0) is 0 Å². The molecule has 1 aromatic rings. The highest BCUT2D eigenvalue weighted by Gasteiger charge is 2.27. The number of rotatable bonds is 4. The van der Waals surface area contributed by atoms with Crippen molar-refractivity contribution in [2.24, 2.45) is 5.92 Å². The van der Waals surface area contributed by atoms with Crippen molar-refractivity contribution in [3.63, 3.8) is 0 Å². The predicted octanol–water partition coefficient (Wildman–Crippen LogP) is 3.16. The van der Waals surface area contributed by atoms with Crippen LogP contribution in [-0.4, -0.2) is 34.9 Å². The zero-order valence-electron chi connectivity index (χ0n) is 12.7. The van der Waals surface area contributed by atoms with Crippen molar-refractivity contribution in [2.75, 3.05) is 18.4 Å². The van der Waals surface area contributed by atoms with Crippen LogP contribution in [0.2, 0.25) is 0 Å².